The van der Waals surface area contributed by atoms with Crippen molar-refractivity contribution in [3.8, 4) is 0 Å². The average Bonchev–Trinajstić information content (AvgIpc) is 2.65. The van der Waals surface area contributed by atoms with Crippen LogP contribution in [0.1, 0.15) is 33.1 Å². The van der Waals surface area contributed by atoms with Crippen molar-refractivity contribution in [2.45, 2.75) is 33.1 Å². The molecule has 0 amide bonds. The third-order valence-electron chi connectivity index (χ3n) is 2.41. The average molecular weight is 214 g/mol. The third kappa shape index (κ3) is 4.27. The Morgan fingerprint density at radius 1 is 1.14 bits per heavy atom. The first-order chi connectivity index (χ1) is 6.86. The van der Waals surface area contributed by atoms with Crippen LogP contribution < -0.4 is 0 Å². The van der Waals surface area contributed by atoms with Crippen molar-refractivity contribution in [1.82, 2.24) is 9.80 Å². The summed E-state index contributed by atoms with van der Waals surface area (Å²) in [6.07, 6.45) is 8.47. The highest BCUT2D eigenvalue weighted by Gasteiger charge is 2.09. The Balaban J connectivity index is 1.96. The smallest absolute Gasteiger partial charge is 0.0901 e. The zero-order valence-electron chi connectivity index (χ0n) is 9.41. The van der Waals surface area contributed by atoms with Gasteiger partial charge in [-0.25, -0.2) is 0 Å². The summed E-state index contributed by atoms with van der Waals surface area (Å²) in [5.41, 5.74) is 0. The molecule has 0 saturated heterocycles. The van der Waals surface area contributed by atoms with E-state index in [-0.39, 0.29) is 0 Å². The lowest BCUT2D eigenvalue weighted by Gasteiger charge is -2.19. The van der Waals surface area contributed by atoms with E-state index in [1.165, 1.54) is 25.0 Å². The quantitative estimate of drug-likeness (QED) is 0.602. The van der Waals surface area contributed by atoms with Crippen LogP contribution in [0.3, 0.4) is 0 Å². The molecule has 0 N–H and O–H groups in total. The maximum Gasteiger partial charge on any atom is 0.0901 e. The van der Waals surface area contributed by atoms with E-state index in [1.54, 1.807) is 0 Å². The van der Waals surface area contributed by atoms with Gasteiger partial charge in [-0.2, -0.15) is 0 Å². The molecular formula is C11H22N2S. The highest BCUT2D eigenvalue weighted by atomic mass is 32.2. The van der Waals surface area contributed by atoms with E-state index in [0.29, 0.717) is 0 Å². The first kappa shape index (κ1) is 11.8. The monoisotopic (exact) mass is 214 g/mol. The highest BCUT2D eigenvalue weighted by molar-refractivity contribution is 7.99. The van der Waals surface area contributed by atoms with E-state index >= 15 is 0 Å². The van der Waals surface area contributed by atoms with Crippen molar-refractivity contribution in [3.05, 3.63) is 12.4 Å². The maximum atomic E-state index is 2.38. The van der Waals surface area contributed by atoms with Gasteiger partial charge in [-0.1, -0.05) is 19.8 Å². The van der Waals surface area contributed by atoms with Gasteiger partial charge in [0.25, 0.3) is 0 Å². The van der Waals surface area contributed by atoms with Gasteiger partial charge in [0.1, 0.15) is 0 Å². The number of hydrogen-bond donors (Lipinski definition) is 0. The Morgan fingerprint density at radius 3 is 2.57 bits per heavy atom. The van der Waals surface area contributed by atoms with Crippen LogP contribution in [0.2, 0.25) is 0 Å². The zero-order chi connectivity index (χ0) is 10.2. The summed E-state index contributed by atoms with van der Waals surface area (Å²) in [5.74, 6) is 2.46. The fourth-order valence-corrected chi connectivity index (χ4v) is 2.38. The zero-order valence-corrected chi connectivity index (χ0v) is 10.2. The maximum absolute atomic E-state index is 2.38. The van der Waals surface area contributed by atoms with Gasteiger partial charge in [0, 0.05) is 18.9 Å². The third-order valence-corrected chi connectivity index (χ3v) is 3.50. The summed E-state index contributed by atoms with van der Waals surface area (Å²) in [7, 11) is 0. The van der Waals surface area contributed by atoms with E-state index in [2.05, 4.69) is 47.8 Å². The van der Waals surface area contributed by atoms with Crippen molar-refractivity contribution < 1.29 is 0 Å². The molecule has 0 radical (unpaired) electrons. The molecule has 0 atom stereocenters. The van der Waals surface area contributed by atoms with Crippen LogP contribution in [0, 0.1) is 0 Å². The van der Waals surface area contributed by atoms with Crippen LogP contribution in [0.4, 0.5) is 0 Å². The summed E-state index contributed by atoms with van der Waals surface area (Å²) in [6.45, 7) is 6.65. The van der Waals surface area contributed by atoms with E-state index in [0.717, 1.165) is 19.1 Å². The minimum Gasteiger partial charge on any atom is -0.359 e. The molecule has 0 aromatic heterocycles. The van der Waals surface area contributed by atoms with Crippen molar-refractivity contribution in [2.75, 3.05) is 24.8 Å². The molecule has 0 fully saturated rings. The normalized spacial score (nSPS) is 15.6. The summed E-state index contributed by atoms with van der Waals surface area (Å²) < 4.78 is 0. The fraction of sp³-hybridized carbons (Fsp3) is 0.818. The summed E-state index contributed by atoms with van der Waals surface area (Å²) in [4.78, 5) is 4.70. The molecule has 1 aliphatic rings. The lowest BCUT2D eigenvalue weighted by atomic mass is 10.3. The van der Waals surface area contributed by atoms with Crippen molar-refractivity contribution in [1.29, 1.82) is 0 Å². The standard InChI is InChI=1S/C11H22N2S/c1-3-5-6-9-14-11-13-8-7-12(4-2)10-13/h7-8H,3-6,9-11H2,1-2H3. The lowest BCUT2D eigenvalue weighted by molar-refractivity contribution is 0.301. The first-order valence-electron chi connectivity index (χ1n) is 5.61. The largest absolute Gasteiger partial charge is 0.359 e. The molecule has 0 aromatic rings. The second kappa shape index (κ2) is 7.04. The van der Waals surface area contributed by atoms with E-state index in [9.17, 15) is 0 Å². The van der Waals surface area contributed by atoms with Gasteiger partial charge in [0.05, 0.1) is 12.5 Å². The summed E-state index contributed by atoms with van der Waals surface area (Å²) in [6, 6.07) is 0. The minimum absolute atomic E-state index is 1.08. The molecule has 14 heavy (non-hydrogen) atoms. The van der Waals surface area contributed by atoms with Gasteiger partial charge in [-0.3, -0.25) is 0 Å². The number of unbranched alkanes of at least 4 members (excludes halogenated alkanes) is 2. The minimum atomic E-state index is 1.08. The molecule has 0 unspecified atom stereocenters. The van der Waals surface area contributed by atoms with Crippen LogP contribution >= 0.6 is 11.8 Å². The molecule has 0 spiro atoms. The molecule has 0 aliphatic carbocycles. The lowest BCUT2D eigenvalue weighted by Crippen LogP contribution is -2.24. The molecule has 0 aromatic carbocycles. The van der Waals surface area contributed by atoms with Gasteiger partial charge < -0.3 is 9.80 Å². The van der Waals surface area contributed by atoms with Crippen molar-refractivity contribution in [3.63, 3.8) is 0 Å². The fourth-order valence-electron chi connectivity index (χ4n) is 1.44. The van der Waals surface area contributed by atoms with Gasteiger partial charge in [0.15, 0.2) is 0 Å². The van der Waals surface area contributed by atoms with Gasteiger partial charge in [-0.15, -0.1) is 11.8 Å². The molecular weight excluding hydrogens is 192 g/mol. The van der Waals surface area contributed by atoms with Crippen LogP contribution in [-0.2, 0) is 0 Å². The Morgan fingerprint density at radius 2 is 1.93 bits per heavy atom. The first-order valence-corrected chi connectivity index (χ1v) is 6.76. The van der Waals surface area contributed by atoms with Crippen LogP contribution in [0.25, 0.3) is 0 Å². The Hall–Kier alpha value is -0.310. The Kier molecular flexibility index (Phi) is 5.92. The van der Waals surface area contributed by atoms with Crippen molar-refractivity contribution >= 4 is 11.8 Å². The molecule has 82 valence electrons. The van der Waals surface area contributed by atoms with Gasteiger partial charge >= 0.3 is 0 Å². The molecule has 2 nitrogen and oxygen atoms in total. The van der Waals surface area contributed by atoms with Crippen LogP contribution in [-0.4, -0.2) is 34.6 Å². The molecule has 0 bridgehead atoms. The molecule has 1 rings (SSSR count). The SMILES string of the molecule is CCCCCSCN1C=CN(CC)C1. The van der Waals surface area contributed by atoms with E-state index in [1.807, 2.05) is 0 Å². The second-order valence-corrected chi connectivity index (χ2v) is 4.75. The van der Waals surface area contributed by atoms with Gasteiger partial charge in [0.2, 0.25) is 0 Å². The van der Waals surface area contributed by atoms with Crippen LogP contribution in [0.15, 0.2) is 12.4 Å². The van der Waals surface area contributed by atoms with E-state index in [4.69, 9.17) is 0 Å². The Bertz CT molecular complexity index is 171. The molecule has 1 aliphatic heterocycles. The van der Waals surface area contributed by atoms with Gasteiger partial charge in [-0.05, 0) is 19.1 Å². The van der Waals surface area contributed by atoms with Crippen LogP contribution in [0.5, 0.6) is 0 Å². The molecule has 0 saturated carbocycles. The van der Waals surface area contributed by atoms with E-state index < -0.39 is 0 Å². The predicted octanol–water partition coefficient (Wildman–Crippen LogP) is 2.93. The summed E-state index contributed by atoms with van der Waals surface area (Å²) >= 11 is 2.05. The second-order valence-electron chi connectivity index (χ2n) is 3.68. The highest BCUT2D eigenvalue weighted by Crippen LogP contribution is 2.13. The Labute approximate surface area is 92.3 Å². The number of rotatable bonds is 7. The topological polar surface area (TPSA) is 6.48 Å². The number of thioether (sulfide) groups is 1. The molecule has 1 heterocycles. The summed E-state index contributed by atoms with van der Waals surface area (Å²) in [5, 5.41) is 0. The number of hydrogen-bond acceptors (Lipinski definition) is 3. The number of nitrogens with zero attached hydrogens (tertiary/aromatic N) is 2. The van der Waals surface area contributed by atoms with Crippen molar-refractivity contribution in [2.24, 2.45) is 0 Å². The predicted molar refractivity (Wildman–Crippen MR) is 65.1 cm³/mol. The molecule has 3 heteroatoms.